The number of fused-ring (bicyclic) bond motifs is 1. The Bertz CT molecular complexity index is 941. The van der Waals surface area contributed by atoms with Crippen LogP contribution in [0.1, 0.15) is 80.1 Å². The number of ether oxygens (including phenoxy) is 1. The summed E-state index contributed by atoms with van der Waals surface area (Å²) in [6.07, 6.45) is 14.6. The molecular formula is C27H37BrN2O2. The molecule has 3 aliphatic rings. The molecule has 2 heterocycles. The monoisotopic (exact) mass is 500 g/mol. The van der Waals surface area contributed by atoms with Gasteiger partial charge in [0, 0.05) is 29.2 Å². The molecule has 5 heteroatoms. The first-order valence-electron chi connectivity index (χ1n) is 11.8. The quantitative estimate of drug-likeness (QED) is 0.371. The van der Waals surface area contributed by atoms with E-state index in [0.717, 1.165) is 54.4 Å². The number of carbonyl (C=O) groups is 1. The van der Waals surface area contributed by atoms with E-state index >= 15 is 0 Å². The third-order valence-electron chi connectivity index (χ3n) is 6.02. The number of amides is 1. The second kappa shape index (κ2) is 10.4. The van der Waals surface area contributed by atoms with Gasteiger partial charge in [-0.1, -0.05) is 30.7 Å². The van der Waals surface area contributed by atoms with E-state index in [2.05, 4.69) is 61.0 Å². The zero-order valence-corrected chi connectivity index (χ0v) is 22.0. The highest BCUT2D eigenvalue weighted by atomic mass is 79.9. The summed E-state index contributed by atoms with van der Waals surface area (Å²) >= 11 is 3.84. The molecule has 0 aromatic carbocycles. The number of aliphatic imine (C=N–C) groups is 1. The number of likely N-dealkylation sites (tertiary alicyclic amines) is 1. The van der Waals surface area contributed by atoms with Crippen LogP contribution in [0.3, 0.4) is 0 Å². The maximum Gasteiger partial charge on any atom is 0.410 e. The SMILES string of the molecule is CCC1=CCCC2=CC(C)=CC(C/C=C3/CCN(C(=O)OC(C)(C)C)[C@H](C)C3)=NC2=C1Br. The number of hydrogen-bond acceptors (Lipinski definition) is 3. The summed E-state index contributed by atoms with van der Waals surface area (Å²) in [5.41, 5.74) is 7.01. The van der Waals surface area contributed by atoms with E-state index in [4.69, 9.17) is 9.73 Å². The minimum Gasteiger partial charge on any atom is -0.444 e. The average molecular weight is 502 g/mol. The van der Waals surface area contributed by atoms with Crippen molar-refractivity contribution in [3.8, 4) is 0 Å². The van der Waals surface area contributed by atoms with Crippen LogP contribution in [-0.2, 0) is 4.74 Å². The van der Waals surface area contributed by atoms with Crippen LogP contribution in [0.25, 0.3) is 0 Å². The summed E-state index contributed by atoms with van der Waals surface area (Å²) < 4.78 is 6.71. The maximum atomic E-state index is 12.5. The predicted octanol–water partition coefficient (Wildman–Crippen LogP) is 7.79. The molecule has 0 unspecified atom stereocenters. The topological polar surface area (TPSA) is 41.9 Å². The Hall–Kier alpha value is -1.88. The molecule has 0 aromatic heterocycles. The van der Waals surface area contributed by atoms with Gasteiger partial charge >= 0.3 is 6.09 Å². The van der Waals surface area contributed by atoms with Gasteiger partial charge in [-0.3, -0.25) is 4.99 Å². The minimum absolute atomic E-state index is 0.141. The zero-order chi connectivity index (χ0) is 23.5. The predicted molar refractivity (Wildman–Crippen MR) is 137 cm³/mol. The lowest BCUT2D eigenvalue weighted by atomic mass is 9.96. The van der Waals surface area contributed by atoms with Crippen molar-refractivity contribution in [1.82, 2.24) is 4.90 Å². The lowest BCUT2D eigenvalue weighted by Crippen LogP contribution is -2.45. The normalized spacial score (nSPS) is 23.5. The van der Waals surface area contributed by atoms with E-state index in [1.54, 1.807) is 0 Å². The first-order chi connectivity index (χ1) is 15.1. The molecule has 0 saturated carbocycles. The molecule has 1 aliphatic carbocycles. The number of halogens is 1. The fraction of sp³-hybridized carbons (Fsp3) is 0.556. The smallest absolute Gasteiger partial charge is 0.410 e. The lowest BCUT2D eigenvalue weighted by Gasteiger charge is -2.36. The third-order valence-corrected chi connectivity index (χ3v) is 6.91. The third kappa shape index (κ3) is 6.34. The van der Waals surface area contributed by atoms with Crippen LogP contribution in [0.2, 0.25) is 0 Å². The van der Waals surface area contributed by atoms with E-state index in [1.165, 1.54) is 22.3 Å². The van der Waals surface area contributed by atoms with Gasteiger partial charge in [0.2, 0.25) is 0 Å². The fourth-order valence-electron chi connectivity index (χ4n) is 4.43. The Balaban J connectivity index is 1.74. The van der Waals surface area contributed by atoms with Crippen molar-refractivity contribution in [2.45, 2.75) is 91.7 Å². The van der Waals surface area contributed by atoms with Gasteiger partial charge in [0.15, 0.2) is 0 Å². The minimum atomic E-state index is -0.463. The van der Waals surface area contributed by atoms with E-state index < -0.39 is 5.60 Å². The van der Waals surface area contributed by atoms with Crippen LogP contribution in [-0.4, -0.2) is 34.9 Å². The number of carbonyl (C=O) groups excluding carboxylic acids is 1. The Kier molecular flexibility index (Phi) is 8.02. The van der Waals surface area contributed by atoms with Crippen molar-refractivity contribution in [1.29, 1.82) is 0 Å². The highest BCUT2D eigenvalue weighted by Crippen LogP contribution is 2.36. The van der Waals surface area contributed by atoms with Gasteiger partial charge in [-0.2, -0.15) is 0 Å². The van der Waals surface area contributed by atoms with Crippen molar-refractivity contribution in [2.75, 3.05) is 6.54 Å². The van der Waals surface area contributed by atoms with Gasteiger partial charge < -0.3 is 9.64 Å². The average Bonchev–Trinajstić information content (AvgIpc) is 2.94. The zero-order valence-electron chi connectivity index (χ0n) is 20.4. The molecule has 2 aliphatic heterocycles. The largest absolute Gasteiger partial charge is 0.444 e. The first-order valence-corrected chi connectivity index (χ1v) is 12.6. The summed E-state index contributed by atoms with van der Waals surface area (Å²) in [5.74, 6) is 0. The molecule has 1 fully saturated rings. The molecule has 0 radical (unpaired) electrons. The second-order valence-corrected chi connectivity index (χ2v) is 10.8. The second-order valence-electron chi connectivity index (χ2n) is 9.99. The molecule has 174 valence electrons. The molecule has 3 rings (SSSR count). The summed E-state index contributed by atoms with van der Waals surface area (Å²) in [4.78, 5) is 19.5. The van der Waals surface area contributed by atoms with Crippen molar-refractivity contribution in [3.63, 3.8) is 0 Å². The van der Waals surface area contributed by atoms with E-state index in [0.29, 0.717) is 6.54 Å². The molecule has 0 spiro atoms. The Labute approximate surface area is 202 Å². The molecule has 0 N–H and O–H groups in total. The Morgan fingerprint density at radius 1 is 1.31 bits per heavy atom. The standard InChI is InChI=1S/C27H37BrN2O2/c1-7-21-9-8-10-22-15-18(2)16-23(29-25(22)24(21)28)12-11-20-13-14-30(19(3)17-20)26(31)32-27(4,5)6/h9,11,15-16,19H,7-8,10,12-14,17H2,1-6H3/b20-11-/t19-/m1/s1. The molecule has 0 bridgehead atoms. The molecule has 1 amide bonds. The number of allylic oxidation sites excluding steroid dienone is 8. The van der Waals surface area contributed by atoms with E-state index in [1.807, 2.05) is 25.7 Å². The maximum absolute atomic E-state index is 12.5. The van der Waals surface area contributed by atoms with Crippen LogP contribution in [0.4, 0.5) is 4.79 Å². The Morgan fingerprint density at radius 2 is 2.06 bits per heavy atom. The number of piperidine rings is 1. The number of nitrogens with zero attached hydrogens (tertiary/aromatic N) is 2. The lowest BCUT2D eigenvalue weighted by molar-refractivity contribution is 0.0152. The van der Waals surface area contributed by atoms with Crippen LogP contribution < -0.4 is 0 Å². The van der Waals surface area contributed by atoms with E-state index in [-0.39, 0.29) is 12.1 Å². The van der Waals surface area contributed by atoms with Gasteiger partial charge in [0.25, 0.3) is 0 Å². The van der Waals surface area contributed by atoms with Crippen molar-refractivity contribution < 1.29 is 9.53 Å². The molecular weight excluding hydrogens is 464 g/mol. The molecule has 0 aromatic rings. The highest BCUT2D eigenvalue weighted by Gasteiger charge is 2.29. The van der Waals surface area contributed by atoms with Crippen molar-refractivity contribution >= 4 is 27.7 Å². The van der Waals surface area contributed by atoms with Gasteiger partial charge in [-0.25, -0.2) is 4.79 Å². The molecule has 32 heavy (non-hydrogen) atoms. The van der Waals surface area contributed by atoms with Gasteiger partial charge in [0.1, 0.15) is 5.60 Å². The Morgan fingerprint density at radius 3 is 2.72 bits per heavy atom. The van der Waals surface area contributed by atoms with Crippen molar-refractivity contribution in [3.05, 3.63) is 56.8 Å². The van der Waals surface area contributed by atoms with Gasteiger partial charge in [-0.15, -0.1) is 0 Å². The summed E-state index contributed by atoms with van der Waals surface area (Å²) in [5, 5.41) is 0. The van der Waals surface area contributed by atoms with Crippen LogP contribution in [0.15, 0.2) is 61.8 Å². The fourth-order valence-corrected chi connectivity index (χ4v) is 5.21. The van der Waals surface area contributed by atoms with Crippen molar-refractivity contribution in [2.24, 2.45) is 4.99 Å². The highest BCUT2D eigenvalue weighted by molar-refractivity contribution is 9.12. The van der Waals surface area contributed by atoms with Gasteiger partial charge in [-0.05, 0) is 105 Å². The van der Waals surface area contributed by atoms with Crippen LogP contribution in [0, 0.1) is 0 Å². The summed E-state index contributed by atoms with van der Waals surface area (Å²) in [6.45, 7) is 12.9. The van der Waals surface area contributed by atoms with Crippen LogP contribution >= 0.6 is 15.9 Å². The molecule has 1 saturated heterocycles. The van der Waals surface area contributed by atoms with Crippen LogP contribution in [0.5, 0.6) is 0 Å². The molecule has 4 nitrogen and oxygen atoms in total. The molecule has 1 atom stereocenters. The summed E-state index contributed by atoms with van der Waals surface area (Å²) in [6, 6.07) is 0.141. The number of hydrogen-bond donors (Lipinski definition) is 0. The summed E-state index contributed by atoms with van der Waals surface area (Å²) in [7, 11) is 0. The first kappa shape index (κ1) is 24.8. The van der Waals surface area contributed by atoms with Gasteiger partial charge in [0.05, 0.1) is 5.70 Å². The number of rotatable bonds is 3. The van der Waals surface area contributed by atoms with E-state index in [9.17, 15) is 4.79 Å².